The zero-order valence-corrected chi connectivity index (χ0v) is 9.98. The van der Waals surface area contributed by atoms with Gasteiger partial charge in [0.2, 0.25) is 5.65 Å². The van der Waals surface area contributed by atoms with Crippen LogP contribution in [0.2, 0.25) is 0 Å². The second-order valence-corrected chi connectivity index (χ2v) is 3.94. The van der Waals surface area contributed by atoms with E-state index >= 15 is 0 Å². The summed E-state index contributed by atoms with van der Waals surface area (Å²) in [5.41, 5.74) is 6.29. The van der Waals surface area contributed by atoms with Crippen LogP contribution in [-0.2, 0) is 6.42 Å². The minimum absolute atomic E-state index is 0.547. The third-order valence-corrected chi connectivity index (χ3v) is 2.79. The summed E-state index contributed by atoms with van der Waals surface area (Å²) in [6, 6.07) is 0. The molecular weight excluding hydrogens is 230 g/mol. The average molecular weight is 243 g/mol. The predicted octanol–water partition coefficient (Wildman–Crippen LogP) is 0.120. The highest BCUT2D eigenvalue weighted by Crippen LogP contribution is 2.14. The third kappa shape index (κ3) is 1.56. The van der Waals surface area contributed by atoms with E-state index in [9.17, 15) is 0 Å². The standard InChI is InChI=1S/C11H13N7/c1-8-15-16-11-10(14-5-6-17(8)11)18-7-4-13-9(18)2-3-12/h4-7H,2-3,12H2,1H3. The molecule has 3 aromatic heterocycles. The van der Waals surface area contributed by atoms with Crippen molar-refractivity contribution >= 4 is 5.65 Å². The van der Waals surface area contributed by atoms with E-state index in [-0.39, 0.29) is 0 Å². The fraction of sp³-hybridized carbons (Fsp3) is 0.273. The van der Waals surface area contributed by atoms with Gasteiger partial charge in [-0.05, 0) is 13.5 Å². The molecule has 0 aliphatic rings. The number of fused-ring (bicyclic) bond motifs is 1. The molecule has 7 nitrogen and oxygen atoms in total. The van der Waals surface area contributed by atoms with E-state index in [0.29, 0.717) is 18.6 Å². The maximum absolute atomic E-state index is 5.58. The Hall–Kier alpha value is -2.28. The first-order valence-electron chi connectivity index (χ1n) is 5.70. The minimum Gasteiger partial charge on any atom is -0.330 e. The Bertz CT molecular complexity index is 682. The molecule has 18 heavy (non-hydrogen) atoms. The molecule has 0 saturated heterocycles. The second-order valence-electron chi connectivity index (χ2n) is 3.94. The van der Waals surface area contributed by atoms with E-state index in [0.717, 1.165) is 17.5 Å². The van der Waals surface area contributed by atoms with Crippen LogP contribution in [0.1, 0.15) is 11.6 Å². The Morgan fingerprint density at radius 1 is 1.17 bits per heavy atom. The summed E-state index contributed by atoms with van der Waals surface area (Å²) in [5, 5.41) is 8.20. The Morgan fingerprint density at radius 3 is 2.83 bits per heavy atom. The molecule has 2 N–H and O–H groups in total. The molecule has 0 unspecified atom stereocenters. The lowest BCUT2D eigenvalue weighted by molar-refractivity contribution is 0.820. The van der Waals surface area contributed by atoms with Crippen LogP contribution in [0.3, 0.4) is 0 Å². The third-order valence-electron chi connectivity index (χ3n) is 2.79. The Labute approximate surface area is 103 Å². The molecular formula is C11H13N7. The van der Waals surface area contributed by atoms with Gasteiger partial charge < -0.3 is 5.73 Å². The number of aryl methyl sites for hydroxylation is 1. The van der Waals surface area contributed by atoms with Crippen molar-refractivity contribution in [1.82, 2.24) is 29.1 Å². The van der Waals surface area contributed by atoms with Gasteiger partial charge in [0.25, 0.3) is 0 Å². The lowest BCUT2D eigenvalue weighted by atomic mass is 10.4. The summed E-state index contributed by atoms with van der Waals surface area (Å²) in [4.78, 5) is 8.65. The van der Waals surface area contributed by atoms with Crippen LogP contribution in [0.4, 0.5) is 0 Å². The molecule has 0 fully saturated rings. The van der Waals surface area contributed by atoms with E-state index in [1.165, 1.54) is 0 Å². The van der Waals surface area contributed by atoms with Crippen molar-refractivity contribution in [2.75, 3.05) is 6.54 Å². The van der Waals surface area contributed by atoms with Crippen LogP contribution in [0.15, 0.2) is 24.8 Å². The number of imidazole rings is 1. The van der Waals surface area contributed by atoms with Gasteiger partial charge in [0.15, 0.2) is 5.82 Å². The van der Waals surface area contributed by atoms with E-state index < -0.39 is 0 Å². The van der Waals surface area contributed by atoms with Gasteiger partial charge in [-0.3, -0.25) is 8.97 Å². The summed E-state index contributed by atoms with van der Waals surface area (Å²) in [6.07, 6.45) is 7.86. The van der Waals surface area contributed by atoms with Gasteiger partial charge in [-0.1, -0.05) is 0 Å². The molecule has 0 aliphatic heterocycles. The maximum atomic E-state index is 5.58. The minimum atomic E-state index is 0.547. The molecule has 0 amide bonds. The molecule has 0 spiro atoms. The summed E-state index contributed by atoms with van der Waals surface area (Å²) < 4.78 is 3.80. The Kier molecular flexibility index (Phi) is 2.52. The highest BCUT2D eigenvalue weighted by atomic mass is 15.3. The highest BCUT2D eigenvalue weighted by Gasteiger charge is 2.12. The first-order valence-corrected chi connectivity index (χ1v) is 5.70. The highest BCUT2D eigenvalue weighted by molar-refractivity contribution is 5.54. The van der Waals surface area contributed by atoms with Gasteiger partial charge in [0, 0.05) is 31.2 Å². The molecule has 92 valence electrons. The van der Waals surface area contributed by atoms with E-state index in [4.69, 9.17) is 5.73 Å². The molecule has 3 rings (SSSR count). The monoisotopic (exact) mass is 243 g/mol. The summed E-state index contributed by atoms with van der Waals surface area (Å²) in [7, 11) is 0. The van der Waals surface area contributed by atoms with Crippen molar-refractivity contribution in [2.24, 2.45) is 5.73 Å². The number of nitrogens with two attached hydrogens (primary N) is 1. The van der Waals surface area contributed by atoms with Gasteiger partial charge in [-0.15, -0.1) is 10.2 Å². The zero-order valence-electron chi connectivity index (χ0n) is 9.98. The van der Waals surface area contributed by atoms with Crippen LogP contribution >= 0.6 is 0 Å². The first kappa shape index (κ1) is 10.8. The Morgan fingerprint density at radius 2 is 2.00 bits per heavy atom. The van der Waals surface area contributed by atoms with Gasteiger partial charge >= 0.3 is 0 Å². The van der Waals surface area contributed by atoms with Gasteiger partial charge in [0.1, 0.15) is 11.6 Å². The van der Waals surface area contributed by atoms with Crippen LogP contribution in [-0.4, -0.2) is 35.7 Å². The van der Waals surface area contributed by atoms with E-state index in [1.807, 2.05) is 28.3 Å². The summed E-state index contributed by atoms with van der Waals surface area (Å²) >= 11 is 0. The summed E-state index contributed by atoms with van der Waals surface area (Å²) in [5.74, 6) is 2.42. The van der Waals surface area contributed by atoms with E-state index in [1.54, 1.807) is 12.4 Å². The van der Waals surface area contributed by atoms with Crippen molar-refractivity contribution in [3.8, 4) is 5.82 Å². The number of hydrogen-bond acceptors (Lipinski definition) is 5. The lowest BCUT2D eigenvalue weighted by Crippen LogP contribution is -2.10. The van der Waals surface area contributed by atoms with Crippen molar-refractivity contribution < 1.29 is 0 Å². The molecule has 3 aromatic rings. The Balaban J connectivity index is 2.22. The fourth-order valence-corrected chi connectivity index (χ4v) is 1.94. The average Bonchev–Trinajstić information content (AvgIpc) is 2.98. The van der Waals surface area contributed by atoms with Crippen molar-refractivity contribution in [3.63, 3.8) is 0 Å². The normalized spacial score (nSPS) is 11.2. The number of nitrogens with zero attached hydrogens (tertiary/aromatic N) is 6. The molecule has 0 bridgehead atoms. The van der Waals surface area contributed by atoms with E-state index in [2.05, 4.69) is 20.2 Å². The first-order chi connectivity index (χ1) is 8.81. The van der Waals surface area contributed by atoms with Crippen molar-refractivity contribution in [2.45, 2.75) is 13.3 Å². The molecule has 3 heterocycles. The quantitative estimate of drug-likeness (QED) is 0.706. The molecule has 7 heteroatoms. The molecule has 0 radical (unpaired) electrons. The van der Waals surface area contributed by atoms with Gasteiger partial charge in [-0.25, -0.2) is 9.97 Å². The molecule has 0 atom stereocenters. The second kappa shape index (κ2) is 4.19. The fourth-order valence-electron chi connectivity index (χ4n) is 1.94. The predicted molar refractivity (Wildman–Crippen MR) is 65.4 cm³/mol. The van der Waals surface area contributed by atoms with Crippen LogP contribution in [0.5, 0.6) is 0 Å². The van der Waals surface area contributed by atoms with Gasteiger partial charge in [0.05, 0.1) is 0 Å². The van der Waals surface area contributed by atoms with Crippen molar-refractivity contribution in [3.05, 3.63) is 36.4 Å². The molecule has 0 aliphatic carbocycles. The van der Waals surface area contributed by atoms with Crippen molar-refractivity contribution in [1.29, 1.82) is 0 Å². The summed E-state index contributed by atoms with van der Waals surface area (Å²) in [6.45, 7) is 2.45. The van der Waals surface area contributed by atoms with Crippen LogP contribution < -0.4 is 5.73 Å². The number of aromatic nitrogens is 6. The van der Waals surface area contributed by atoms with Gasteiger partial charge in [-0.2, -0.15) is 0 Å². The topological polar surface area (TPSA) is 86.9 Å². The van der Waals surface area contributed by atoms with Crippen LogP contribution in [0, 0.1) is 6.92 Å². The molecule has 0 aromatic carbocycles. The molecule has 0 saturated carbocycles. The lowest BCUT2D eigenvalue weighted by Gasteiger charge is -2.06. The largest absolute Gasteiger partial charge is 0.330 e. The number of hydrogen-bond donors (Lipinski definition) is 1. The van der Waals surface area contributed by atoms with Crippen LogP contribution in [0.25, 0.3) is 11.5 Å². The number of rotatable bonds is 3. The maximum Gasteiger partial charge on any atom is 0.204 e. The zero-order chi connectivity index (χ0) is 12.5. The SMILES string of the molecule is Cc1nnc2c(-n3ccnc3CCN)nccn12. The smallest absolute Gasteiger partial charge is 0.204 e.